The van der Waals surface area contributed by atoms with E-state index < -0.39 is 0 Å². The standard InChI is InChI=1S/C14H19BrN4O2/c15-11-1-3-12(4-2-11)17-14(21)10-19-7-5-18(6-8-19)9-13(16)20/h1-4H,5-10H2,(H2,16,20)(H,17,21). The summed E-state index contributed by atoms with van der Waals surface area (Å²) >= 11 is 3.36. The van der Waals surface area contributed by atoms with Gasteiger partial charge in [-0.05, 0) is 24.3 Å². The van der Waals surface area contributed by atoms with E-state index in [0.29, 0.717) is 13.1 Å². The number of nitrogens with zero attached hydrogens (tertiary/aromatic N) is 2. The van der Waals surface area contributed by atoms with Gasteiger partial charge in [-0.25, -0.2) is 0 Å². The van der Waals surface area contributed by atoms with E-state index in [1.54, 1.807) is 0 Å². The molecule has 0 aromatic heterocycles. The predicted molar refractivity (Wildman–Crippen MR) is 84.8 cm³/mol. The van der Waals surface area contributed by atoms with Gasteiger partial charge < -0.3 is 11.1 Å². The normalized spacial score (nSPS) is 16.6. The summed E-state index contributed by atoms with van der Waals surface area (Å²) in [5.41, 5.74) is 5.96. The van der Waals surface area contributed by atoms with Crippen molar-refractivity contribution in [3.8, 4) is 0 Å². The molecule has 114 valence electrons. The summed E-state index contributed by atoms with van der Waals surface area (Å²) in [4.78, 5) is 26.9. The molecule has 2 amide bonds. The number of carbonyl (C=O) groups excluding carboxylic acids is 2. The molecule has 1 aromatic carbocycles. The largest absolute Gasteiger partial charge is 0.369 e. The number of benzene rings is 1. The number of primary amides is 1. The topological polar surface area (TPSA) is 78.7 Å². The van der Waals surface area contributed by atoms with Crippen LogP contribution in [0.25, 0.3) is 0 Å². The zero-order chi connectivity index (χ0) is 15.2. The zero-order valence-electron chi connectivity index (χ0n) is 11.7. The molecule has 0 aliphatic carbocycles. The number of hydrogen-bond acceptors (Lipinski definition) is 4. The molecule has 3 N–H and O–H groups in total. The Morgan fingerprint density at radius 2 is 1.57 bits per heavy atom. The first-order chi connectivity index (χ1) is 10.0. The van der Waals surface area contributed by atoms with Crippen LogP contribution in [0.2, 0.25) is 0 Å². The van der Waals surface area contributed by atoms with Gasteiger partial charge in [-0.3, -0.25) is 19.4 Å². The predicted octanol–water partition coefficient (Wildman–Crippen LogP) is 0.490. The zero-order valence-corrected chi connectivity index (χ0v) is 13.3. The van der Waals surface area contributed by atoms with Crippen LogP contribution in [0.1, 0.15) is 0 Å². The summed E-state index contributed by atoms with van der Waals surface area (Å²) in [6, 6.07) is 7.48. The van der Waals surface area contributed by atoms with Gasteiger partial charge in [0.05, 0.1) is 13.1 Å². The number of nitrogens with two attached hydrogens (primary N) is 1. The maximum atomic E-state index is 12.0. The summed E-state index contributed by atoms with van der Waals surface area (Å²) in [5, 5.41) is 2.87. The Labute approximate surface area is 132 Å². The number of rotatable bonds is 5. The summed E-state index contributed by atoms with van der Waals surface area (Å²) in [6.07, 6.45) is 0. The van der Waals surface area contributed by atoms with Crippen LogP contribution in [0.5, 0.6) is 0 Å². The Morgan fingerprint density at radius 3 is 2.10 bits per heavy atom. The number of halogens is 1. The number of nitrogens with one attached hydrogen (secondary N) is 1. The van der Waals surface area contributed by atoms with Crippen molar-refractivity contribution in [3.05, 3.63) is 28.7 Å². The molecule has 0 bridgehead atoms. The Bertz CT molecular complexity index is 498. The van der Waals surface area contributed by atoms with E-state index in [1.807, 2.05) is 29.2 Å². The van der Waals surface area contributed by atoms with E-state index in [-0.39, 0.29) is 11.8 Å². The molecular formula is C14H19BrN4O2. The second-order valence-corrected chi connectivity index (χ2v) is 5.99. The minimum atomic E-state index is -0.309. The smallest absolute Gasteiger partial charge is 0.238 e. The molecule has 1 aliphatic heterocycles. The van der Waals surface area contributed by atoms with Gasteiger partial charge in [0.2, 0.25) is 11.8 Å². The molecule has 2 rings (SSSR count). The third kappa shape index (κ3) is 5.45. The van der Waals surface area contributed by atoms with Gasteiger partial charge in [-0.1, -0.05) is 15.9 Å². The molecule has 7 heteroatoms. The van der Waals surface area contributed by atoms with Gasteiger partial charge in [-0.15, -0.1) is 0 Å². The maximum absolute atomic E-state index is 12.0. The van der Waals surface area contributed by atoms with E-state index in [1.165, 1.54) is 0 Å². The summed E-state index contributed by atoms with van der Waals surface area (Å²) < 4.78 is 0.978. The van der Waals surface area contributed by atoms with Crippen LogP contribution < -0.4 is 11.1 Å². The first-order valence-electron chi connectivity index (χ1n) is 6.81. The van der Waals surface area contributed by atoms with E-state index in [2.05, 4.69) is 26.1 Å². The van der Waals surface area contributed by atoms with Crippen molar-refractivity contribution in [2.24, 2.45) is 5.73 Å². The number of piperazine rings is 1. The Morgan fingerprint density at radius 1 is 1.05 bits per heavy atom. The second-order valence-electron chi connectivity index (χ2n) is 5.07. The monoisotopic (exact) mass is 354 g/mol. The Hall–Kier alpha value is -1.44. The number of carbonyl (C=O) groups is 2. The van der Waals surface area contributed by atoms with Crippen LogP contribution in [0.3, 0.4) is 0 Å². The molecule has 1 fully saturated rings. The van der Waals surface area contributed by atoms with E-state index >= 15 is 0 Å². The van der Waals surface area contributed by atoms with Crippen LogP contribution in [0.15, 0.2) is 28.7 Å². The van der Waals surface area contributed by atoms with Crippen LogP contribution >= 0.6 is 15.9 Å². The fourth-order valence-electron chi connectivity index (χ4n) is 2.26. The molecule has 0 radical (unpaired) electrons. The first kappa shape index (κ1) is 15.9. The molecule has 0 atom stereocenters. The average molecular weight is 355 g/mol. The highest BCUT2D eigenvalue weighted by Crippen LogP contribution is 2.14. The molecular weight excluding hydrogens is 336 g/mol. The van der Waals surface area contributed by atoms with E-state index in [9.17, 15) is 9.59 Å². The van der Waals surface area contributed by atoms with Crippen molar-refractivity contribution in [1.82, 2.24) is 9.80 Å². The highest BCUT2D eigenvalue weighted by molar-refractivity contribution is 9.10. The lowest BCUT2D eigenvalue weighted by molar-refractivity contribution is -0.121. The minimum Gasteiger partial charge on any atom is -0.369 e. The van der Waals surface area contributed by atoms with E-state index in [4.69, 9.17) is 5.73 Å². The molecule has 1 heterocycles. The second kappa shape index (κ2) is 7.53. The average Bonchev–Trinajstić information content (AvgIpc) is 2.43. The van der Waals surface area contributed by atoms with Gasteiger partial charge in [0.25, 0.3) is 0 Å². The van der Waals surface area contributed by atoms with Gasteiger partial charge >= 0.3 is 0 Å². The molecule has 21 heavy (non-hydrogen) atoms. The molecule has 0 saturated carbocycles. The van der Waals surface area contributed by atoms with Crippen molar-refractivity contribution < 1.29 is 9.59 Å². The lowest BCUT2D eigenvalue weighted by Crippen LogP contribution is -2.50. The molecule has 0 spiro atoms. The summed E-state index contributed by atoms with van der Waals surface area (Å²) in [5.74, 6) is -0.336. The lowest BCUT2D eigenvalue weighted by atomic mass is 10.3. The Kier molecular flexibility index (Phi) is 5.72. The van der Waals surface area contributed by atoms with Crippen molar-refractivity contribution in [2.45, 2.75) is 0 Å². The number of amides is 2. The third-order valence-electron chi connectivity index (χ3n) is 3.34. The number of anilines is 1. The minimum absolute atomic E-state index is 0.0272. The molecule has 1 aromatic rings. The lowest BCUT2D eigenvalue weighted by Gasteiger charge is -2.33. The van der Waals surface area contributed by atoms with Gasteiger partial charge in [0.15, 0.2) is 0 Å². The van der Waals surface area contributed by atoms with Gasteiger partial charge in [0, 0.05) is 36.3 Å². The van der Waals surface area contributed by atoms with Crippen molar-refractivity contribution in [2.75, 3.05) is 44.6 Å². The summed E-state index contributed by atoms with van der Waals surface area (Å²) in [6.45, 7) is 3.70. The highest BCUT2D eigenvalue weighted by atomic mass is 79.9. The van der Waals surface area contributed by atoms with Crippen LogP contribution in [0, 0.1) is 0 Å². The third-order valence-corrected chi connectivity index (χ3v) is 3.87. The fourth-order valence-corrected chi connectivity index (χ4v) is 2.53. The van der Waals surface area contributed by atoms with Crippen molar-refractivity contribution in [3.63, 3.8) is 0 Å². The van der Waals surface area contributed by atoms with Gasteiger partial charge in [-0.2, -0.15) is 0 Å². The van der Waals surface area contributed by atoms with Crippen LogP contribution in [0.4, 0.5) is 5.69 Å². The highest BCUT2D eigenvalue weighted by Gasteiger charge is 2.19. The molecule has 1 aliphatic rings. The van der Waals surface area contributed by atoms with Crippen molar-refractivity contribution in [1.29, 1.82) is 0 Å². The molecule has 1 saturated heterocycles. The molecule has 6 nitrogen and oxygen atoms in total. The maximum Gasteiger partial charge on any atom is 0.238 e. The van der Waals surface area contributed by atoms with Gasteiger partial charge in [0.1, 0.15) is 0 Å². The molecule has 0 unspecified atom stereocenters. The quantitative estimate of drug-likeness (QED) is 0.806. The van der Waals surface area contributed by atoms with Crippen LogP contribution in [-0.2, 0) is 9.59 Å². The van der Waals surface area contributed by atoms with Crippen molar-refractivity contribution >= 4 is 33.4 Å². The summed E-state index contributed by atoms with van der Waals surface area (Å²) in [7, 11) is 0. The number of hydrogen-bond donors (Lipinski definition) is 2. The Balaban J connectivity index is 1.74. The first-order valence-corrected chi connectivity index (χ1v) is 7.60. The SMILES string of the molecule is NC(=O)CN1CCN(CC(=O)Nc2ccc(Br)cc2)CC1. The van der Waals surface area contributed by atoms with Crippen LogP contribution in [-0.4, -0.2) is 60.9 Å². The van der Waals surface area contributed by atoms with E-state index in [0.717, 1.165) is 36.3 Å². The fraction of sp³-hybridized carbons (Fsp3) is 0.429.